The molecule has 3 aromatic rings. The Morgan fingerprint density at radius 3 is 2.93 bits per heavy atom. The van der Waals surface area contributed by atoms with Crippen LogP contribution in [0.4, 0.5) is 0 Å². The van der Waals surface area contributed by atoms with Crippen molar-refractivity contribution in [3.8, 4) is 5.75 Å². The van der Waals surface area contributed by atoms with Gasteiger partial charge in [-0.05, 0) is 31.4 Å². The van der Waals surface area contributed by atoms with Gasteiger partial charge in [-0.3, -0.25) is 4.79 Å². The first-order valence-electron chi connectivity index (χ1n) is 9.40. The van der Waals surface area contributed by atoms with Crippen molar-refractivity contribution < 1.29 is 13.9 Å². The molecule has 28 heavy (non-hydrogen) atoms. The number of aromatic nitrogens is 3. The maximum absolute atomic E-state index is 12.9. The Labute approximate surface area is 163 Å². The van der Waals surface area contributed by atoms with E-state index < -0.39 is 0 Å². The number of hydrogen-bond donors (Lipinski definition) is 0. The highest BCUT2D eigenvalue weighted by Gasteiger charge is 2.32. The van der Waals surface area contributed by atoms with Crippen molar-refractivity contribution in [2.45, 2.75) is 31.7 Å². The summed E-state index contributed by atoms with van der Waals surface area (Å²) in [5, 5.41) is 7.56. The van der Waals surface area contributed by atoms with Crippen LogP contribution >= 0.6 is 0 Å². The molecule has 0 aliphatic carbocycles. The van der Waals surface area contributed by atoms with E-state index >= 15 is 0 Å². The third-order valence-corrected chi connectivity index (χ3v) is 5.01. The number of amides is 1. The Kier molecular flexibility index (Phi) is 5.32. The second-order valence-corrected chi connectivity index (χ2v) is 6.79. The average Bonchev–Trinajstić information content (AvgIpc) is 3.22. The monoisotopic (exact) mass is 378 g/mol. The van der Waals surface area contributed by atoms with E-state index in [0.717, 1.165) is 36.3 Å². The Morgan fingerprint density at radius 1 is 1.21 bits per heavy atom. The topological polar surface area (TPSA) is 81.4 Å². The number of para-hydroxylation sites is 1. The van der Waals surface area contributed by atoms with E-state index in [1.807, 2.05) is 29.2 Å². The van der Waals surface area contributed by atoms with Crippen molar-refractivity contribution >= 4 is 5.91 Å². The minimum Gasteiger partial charge on any atom is -0.496 e. The fourth-order valence-electron chi connectivity index (χ4n) is 3.61. The number of hydrogen-bond acceptors (Lipinski definition) is 6. The molecular weight excluding hydrogens is 356 g/mol. The van der Waals surface area contributed by atoms with Crippen LogP contribution in [0.5, 0.6) is 5.75 Å². The molecule has 1 atom stereocenters. The predicted octanol–water partition coefficient (Wildman–Crippen LogP) is 3.43. The quantitative estimate of drug-likeness (QED) is 0.677. The molecule has 0 unspecified atom stereocenters. The predicted molar refractivity (Wildman–Crippen MR) is 102 cm³/mol. The molecule has 1 aliphatic heterocycles. The van der Waals surface area contributed by atoms with Crippen LogP contribution in [0.1, 0.15) is 52.9 Å². The molecule has 0 saturated carbocycles. The molecule has 2 aromatic heterocycles. The van der Waals surface area contributed by atoms with E-state index in [2.05, 4.69) is 15.2 Å². The van der Waals surface area contributed by atoms with Crippen molar-refractivity contribution in [2.24, 2.45) is 0 Å². The normalized spacial score (nSPS) is 16.8. The zero-order valence-corrected chi connectivity index (χ0v) is 15.7. The molecule has 1 aromatic carbocycles. The number of oxazole rings is 1. The van der Waals surface area contributed by atoms with Gasteiger partial charge in [-0.25, -0.2) is 4.98 Å². The number of carbonyl (C=O) groups is 1. The number of rotatable bonds is 5. The average molecular weight is 378 g/mol. The van der Waals surface area contributed by atoms with Gasteiger partial charge in [0.15, 0.2) is 0 Å². The van der Waals surface area contributed by atoms with Gasteiger partial charge in [-0.2, -0.15) is 10.2 Å². The highest BCUT2D eigenvalue weighted by atomic mass is 16.5. The molecule has 0 spiro atoms. The van der Waals surface area contributed by atoms with E-state index in [4.69, 9.17) is 9.15 Å². The molecule has 7 heteroatoms. The molecule has 0 radical (unpaired) electrons. The van der Waals surface area contributed by atoms with Gasteiger partial charge in [0, 0.05) is 18.5 Å². The summed E-state index contributed by atoms with van der Waals surface area (Å²) < 4.78 is 11.5. The molecular formula is C21H22N4O3. The maximum atomic E-state index is 12.9. The molecule has 4 rings (SSSR count). The van der Waals surface area contributed by atoms with E-state index in [0.29, 0.717) is 24.4 Å². The molecule has 0 bridgehead atoms. The third-order valence-electron chi connectivity index (χ3n) is 5.01. The fraction of sp³-hybridized carbons (Fsp3) is 0.333. The summed E-state index contributed by atoms with van der Waals surface area (Å²) in [4.78, 5) is 19.3. The maximum Gasteiger partial charge on any atom is 0.256 e. The summed E-state index contributed by atoms with van der Waals surface area (Å²) in [5.41, 5.74) is 1.56. The van der Waals surface area contributed by atoms with Crippen LogP contribution < -0.4 is 4.74 Å². The second kappa shape index (κ2) is 8.21. The smallest absolute Gasteiger partial charge is 0.256 e. The molecule has 144 valence electrons. The second-order valence-electron chi connectivity index (χ2n) is 6.79. The molecule has 1 fully saturated rings. The number of carbonyl (C=O) groups excluding carboxylic acids is 1. The van der Waals surface area contributed by atoms with Crippen LogP contribution in [0.2, 0.25) is 0 Å². The lowest BCUT2D eigenvalue weighted by atomic mass is 10.0. The van der Waals surface area contributed by atoms with Gasteiger partial charge >= 0.3 is 0 Å². The van der Waals surface area contributed by atoms with Crippen LogP contribution in [0.25, 0.3) is 0 Å². The van der Waals surface area contributed by atoms with E-state index in [-0.39, 0.29) is 11.9 Å². The number of benzene rings is 1. The lowest BCUT2D eigenvalue weighted by Crippen LogP contribution is -2.38. The van der Waals surface area contributed by atoms with Crippen LogP contribution in [-0.4, -0.2) is 39.6 Å². The summed E-state index contributed by atoms with van der Waals surface area (Å²) in [6.07, 6.45) is 8.19. The van der Waals surface area contributed by atoms with E-state index in [1.165, 1.54) is 12.4 Å². The molecule has 3 heterocycles. The summed E-state index contributed by atoms with van der Waals surface area (Å²) in [6, 6.07) is 9.36. The summed E-state index contributed by atoms with van der Waals surface area (Å²) in [6.45, 7) is 0.677. The van der Waals surface area contributed by atoms with E-state index in [9.17, 15) is 4.79 Å². The van der Waals surface area contributed by atoms with Crippen LogP contribution in [0, 0.1) is 0 Å². The van der Waals surface area contributed by atoms with Crippen LogP contribution in [0.15, 0.2) is 53.3 Å². The Balaban J connectivity index is 1.55. The molecule has 0 N–H and O–H groups in total. The van der Waals surface area contributed by atoms with Gasteiger partial charge in [0.1, 0.15) is 17.6 Å². The molecule has 1 amide bonds. The number of piperidine rings is 1. The van der Waals surface area contributed by atoms with Crippen LogP contribution in [0.3, 0.4) is 0 Å². The zero-order valence-electron chi connectivity index (χ0n) is 15.7. The number of nitrogens with zero attached hydrogens (tertiary/aromatic N) is 4. The first-order chi connectivity index (χ1) is 13.8. The van der Waals surface area contributed by atoms with Crippen molar-refractivity contribution in [1.29, 1.82) is 0 Å². The van der Waals surface area contributed by atoms with Gasteiger partial charge in [0.2, 0.25) is 5.89 Å². The molecule has 7 nitrogen and oxygen atoms in total. The first kappa shape index (κ1) is 18.2. The van der Waals surface area contributed by atoms with Crippen molar-refractivity contribution in [3.05, 3.63) is 71.7 Å². The summed E-state index contributed by atoms with van der Waals surface area (Å²) >= 11 is 0. The van der Waals surface area contributed by atoms with Crippen molar-refractivity contribution in [1.82, 2.24) is 20.1 Å². The SMILES string of the molecule is COc1ccccc1Cc1cnc([C@H]2CCCCN2C(=O)c2ccnnc2)o1. The van der Waals surface area contributed by atoms with E-state index in [1.54, 1.807) is 19.4 Å². The Bertz CT molecular complexity index is 942. The number of methoxy groups -OCH3 is 1. The largest absolute Gasteiger partial charge is 0.496 e. The Hall–Kier alpha value is -3.22. The lowest BCUT2D eigenvalue weighted by Gasteiger charge is -2.33. The third kappa shape index (κ3) is 3.74. The molecule has 1 saturated heterocycles. The minimum absolute atomic E-state index is 0.0657. The fourth-order valence-corrected chi connectivity index (χ4v) is 3.61. The zero-order chi connectivity index (χ0) is 19.3. The minimum atomic E-state index is -0.166. The van der Waals surface area contributed by atoms with Crippen molar-refractivity contribution in [2.75, 3.05) is 13.7 Å². The lowest BCUT2D eigenvalue weighted by molar-refractivity contribution is 0.0569. The first-order valence-corrected chi connectivity index (χ1v) is 9.40. The standard InChI is InChI=1S/C21H22N4O3/c1-27-19-8-3-2-6-15(19)12-17-14-22-20(28-17)18-7-4-5-11-25(18)21(26)16-9-10-23-24-13-16/h2-3,6,8-10,13-14,18H,4-5,7,11-12H2,1H3/t18-/m1/s1. The highest BCUT2D eigenvalue weighted by molar-refractivity contribution is 5.94. The number of likely N-dealkylation sites (tertiary alicyclic amines) is 1. The van der Waals surface area contributed by atoms with Gasteiger partial charge in [0.25, 0.3) is 5.91 Å². The summed E-state index contributed by atoms with van der Waals surface area (Å²) in [7, 11) is 1.66. The van der Waals surface area contributed by atoms with Gasteiger partial charge in [0.05, 0.1) is 31.3 Å². The van der Waals surface area contributed by atoms with Crippen LogP contribution in [-0.2, 0) is 6.42 Å². The van der Waals surface area contributed by atoms with Crippen molar-refractivity contribution in [3.63, 3.8) is 0 Å². The Morgan fingerprint density at radius 2 is 2.11 bits per heavy atom. The van der Waals surface area contributed by atoms with Gasteiger partial charge in [-0.15, -0.1) is 0 Å². The number of ether oxygens (including phenoxy) is 1. The summed E-state index contributed by atoms with van der Waals surface area (Å²) in [5.74, 6) is 2.09. The molecule has 1 aliphatic rings. The highest BCUT2D eigenvalue weighted by Crippen LogP contribution is 2.32. The van der Waals surface area contributed by atoms with Gasteiger partial charge in [-0.1, -0.05) is 18.2 Å². The van der Waals surface area contributed by atoms with Gasteiger partial charge < -0.3 is 14.1 Å².